The lowest BCUT2D eigenvalue weighted by Crippen LogP contribution is -2.13. The molecule has 7 nitrogen and oxygen atoms in total. The van der Waals surface area contributed by atoms with E-state index >= 15 is 0 Å². The molecular formula is C22H20N4O3. The quantitative estimate of drug-likeness (QED) is 0.553. The topological polar surface area (TPSA) is 103 Å². The van der Waals surface area contributed by atoms with Gasteiger partial charge in [-0.05, 0) is 62.2 Å². The number of amides is 2. The van der Waals surface area contributed by atoms with E-state index in [9.17, 15) is 9.59 Å². The Labute approximate surface area is 167 Å². The van der Waals surface area contributed by atoms with Crippen LogP contribution in [0.2, 0.25) is 0 Å². The Morgan fingerprint density at radius 3 is 2.31 bits per heavy atom. The van der Waals surface area contributed by atoms with Crippen LogP contribution in [0.5, 0.6) is 0 Å². The van der Waals surface area contributed by atoms with E-state index in [4.69, 9.17) is 10.2 Å². The van der Waals surface area contributed by atoms with Crippen molar-refractivity contribution in [2.45, 2.75) is 20.8 Å². The van der Waals surface area contributed by atoms with Crippen LogP contribution < -0.4 is 11.1 Å². The summed E-state index contributed by atoms with van der Waals surface area (Å²) < 4.78 is 7.44. The predicted molar refractivity (Wildman–Crippen MR) is 110 cm³/mol. The Hall–Kier alpha value is -3.87. The summed E-state index contributed by atoms with van der Waals surface area (Å²) in [5.41, 5.74) is 10.4. The number of aromatic nitrogens is 2. The van der Waals surface area contributed by atoms with Gasteiger partial charge in [0.2, 0.25) is 0 Å². The molecule has 4 rings (SSSR count). The predicted octanol–water partition coefficient (Wildman–Crippen LogP) is 3.89. The molecule has 0 bridgehead atoms. The Morgan fingerprint density at radius 2 is 1.69 bits per heavy atom. The first-order chi connectivity index (χ1) is 13.8. The highest BCUT2D eigenvalue weighted by Crippen LogP contribution is 2.31. The SMILES string of the molecule is Cc1ccc(C)c2c(C)c(C(=O)Nc3ccc(-n4ccc(C(N)=O)n4)cc3)oc12. The summed E-state index contributed by atoms with van der Waals surface area (Å²) in [6.45, 7) is 5.86. The number of fused-ring (bicyclic) bond motifs is 1. The molecule has 0 fully saturated rings. The number of furan rings is 1. The first kappa shape index (κ1) is 18.5. The highest BCUT2D eigenvalue weighted by Gasteiger charge is 2.20. The second-order valence-electron chi connectivity index (χ2n) is 6.97. The van der Waals surface area contributed by atoms with Crippen molar-refractivity contribution in [1.29, 1.82) is 0 Å². The highest BCUT2D eigenvalue weighted by molar-refractivity contribution is 6.07. The highest BCUT2D eigenvalue weighted by atomic mass is 16.3. The zero-order chi connectivity index (χ0) is 20.7. The summed E-state index contributed by atoms with van der Waals surface area (Å²) >= 11 is 0. The maximum atomic E-state index is 12.8. The van der Waals surface area contributed by atoms with Gasteiger partial charge in [0.1, 0.15) is 11.3 Å². The third-order valence-electron chi connectivity index (χ3n) is 4.92. The van der Waals surface area contributed by atoms with Gasteiger partial charge in [0.05, 0.1) is 5.69 Å². The molecule has 0 unspecified atom stereocenters. The third kappa shape index (κ3) is 3.27. The summed E-state index contributed by atoms with van der Waals surface area (Å²) in [7, 11) is 0. The molecule has 146 valence electrons. The van der Waals surface area contributed by atoms with Crippen LogP contribution in [0.1, 0.15) is 37.7 Å². The lowest BCUT2D eigenvalue weighted by atomic mass is 10.0. The molecule has 2 aromatic heterocycles. The summed E-state index contributed by atoms with van der Waals surface area (Å²) in [6.07, 6.45) is 1.65. The molecule has 0 aliphatic rings. The number of hydrogen-bond donors (Lipinski definition) is 2. The van der Waals surface area contributed by atoms with Gasteiger partial charge in [0.25, 0.3) is 11.8 Å². The van der Waals surface area contributed by atoms with Crippen molar-refractivity contribution in [3.05, 3.63) is 76.8 Å². The number of nitrogens with one attached hydrogen (secondary N) is 1. The molecule has 7 heteroatoms. The number of primary amides is 1. The number of anilines is 1. The fraction of sp³-hybridized carbons (Fsp3) is 0.136. The van der Waals surface area contributed by atoms with E-state index in [-0.39, 0.29) is 11.6 Å². The fourth-order valence-corrected chi connectivity index (χ4v) is 3.38. The van der Waals surface area contributed by atoms with Crippen molar-refractivity contribution in [1.82, 2.24) is 9.78 Å². The monoisotopic (exact) mass is 388 g/mol. The average molecular weight is 388 g/mol. The van der Waals surface area contributed by atoms with Crippen LogP contribution in [0.3, 0.4) is 0 Å². The van der Waals surface area contributed by atoms with Crippen molar-refractivity contribution in [2.24, 2.45) is 5.73 Å². The summed E-state index contributed by atoms with van der Waals surface area (Å²) in [4.78, 5) is 24.0. The molecule has 2 amide bonds. The number of carbonyl (C=O) groups excluding carboxylic acids is 2. The number of hydrogen-bond acceptors (Lipinski definition) is 4. The number of rotatable bonds is 4. The van der Waals surface area contributed by atoms with E-state index in [0.29, 0.717) is 11.4 Å². The standard InChI is InChI=1S/C22H20N4O3/c1-12-4-5-13(2)19-18(12)14(3)20(29-19)22(28)24-15-6-8-16(9-7-15)26-11-10-17(25-26)21(23)27/h4-11H,1-3H3,(H2,23,27)(H,24,28). The van der Waals surface area contributed by atoms with Crippen LogP contribution in [0, 0.1) is 20.8 Å². The molecule has 0 spiro atoms. The molecule has 0 radical (unpaired) electrons. The molecule has 0 aliphatic heterocycles. The summed E-state index contributed by atoms with van der Waals surface area (Å²) in [5, 5.41) is 7.96. The maximum absolute atomic E-state index is 12.8. The molecule has 0 aliphatic carbocycles. The second-order valence-corrected chi connectivity index (χ2v) is 6.97. The minimum atomic E-state index is -0.584. The minimum Gasteiger partial charge on any atom is -0.450 e. The molecule has 4 aromatic rings. The molecule has 0 saturated carbocycles. The number of carbonyl (C=O) groups is 2. The van der Waals surface area contributed by atoms with Gasteiger partial charge < -0.3 is 15.5 Å². The van der Waals surface area contributed by atoms with Crippen LogP contribution in [-0.2, 0) is 0 Å². The average Bonchev–Trinajstić information content (AvgIpc) is 3.31. The smallest absolute Gasteiger partial charge is 0.291 e. The molecule has 2 heterocycles. The minimum absolute atomic E-state index is 0.188. The number of aryl methyl sites for hydroxylation is 3. The molecule has 0 atom stereocenters. The Morgan fingerprint density at radius 1 is 1.00 bits per heavy atom. The first-order valence-corrected chi connectivity index (χ1v) is 9.11. The molecule has 3 N–H and O–H groups in total. The normalized spacial score (nSPS) is 11.0. The van der Waals surface area contributed by atoms with Crippen LogP contribution in [0.4, 0.5) is 5.69 Å². The van der Waals surface area contributed by atoms with Gasteiger partial charge in [-0.2, -0.15) is 5.10 Å². The zero-order valence-corrected chi connectivity index (χ0v) is 16.3. The second kappa shape index (κ2) is 6.94. The van der Waals surface area contributed by atoms with E-state index < -0.39 is 5.91 Å². The van der Waals surface area contributed by atoms with Gasteiger partial charge in [-0.3, -0.25) is 9.59 Å². The van der Waals surface area contributed by atoms with Crippen LogP contribution in [0.15, 0.2) is 53.1 Å². The summed E-state index contributed by atoms with van der Waals surface area (Å²) in [6, 6.07) is 12.6. The van der Waals surface area contributed by atoms with E-state index in [1.807, 2.05) is 32.9 Å². The molecule has 0 saturated heterocycles. The number of nitrogens with zero attached hydrogens (tertiary/aromatic N) is 2. The molecule has 2 aromatic carbocycles. The van der Waals surface area contributed by atoms with Gasteiger partial charge in [-0.1, -0.05) is 12.1 Å². The van der Waals surface area contributed by atoms with Gasteiger partial charge in [0, 0.05) is 22.8 Å². The van der Waals surface area contributed by atoms with Crippen LogP contribution in [0.25, 0.3) is 16.7 Å². The van der Waals surface area contributed by atoms with Crippen molar-refractivity contribution >= 4 is 28.5 Å². The Bertz CT molecular complexity index is 1250. The number of benzene rings is 2. The van der Waals surface area contributed by atoms with E-state index in [1.165, 1.54) is 0 Å². The van der Waals surface area contributed by atoms with Gasteiger partial charge in [0.15, 0.2) is 5.76 Å². The van der Waals surface area contributed by atoms with Crippen molar-refractivity contribution in [3.8, 4) is 5.69 Å². The van der Waals surface area contributed by atoms with Crippen LogP contribution >= 0.6 is 0 Å². The fourth-order valence-electron chi connectivity index (χ4n) is 3.38. The largest absolute Gasteiger partial charge is 0.450 e. The Kier molecular flexibility index (Phi) is 4.43. The van der Waals surface area contributed by atoms with E-state index in [1.54, 1.807) is 41.2 Å². The van der Waals surface area contributed by atoms with Crippen molar-refractivity contribution < 1.29 is 14.0 Å². The van der Waals surface area contributed by atoms with Gasteiger partial charge in [-0.25, -0.2) is 4.68 Å². The molecule has 29 heavy (non-hydrogen) atoms. The lowest BCUT2D eigenvalue weighted by Gasteiger charge is -2.06. The van der Waals surface area contributed by atoms with Gasteiger partial charge >= 0.3 is 0 Å². The van der Waals surface area contributed by atoms with Gasteiger partial charge in [-0.15, -0.1) is 0 Å². The van der Waals surface area contributed by atoms with Crippen LogP contribution in [-0.4, -0.2) is 21.6 Å². The third-order valence-corrected chi connectivity index (χ3v) is 4.92. The Balaban J connectivity index is 1.58. The maximum Gasteiger partial charge on any atom is 0.291 e. The van der Waals surface area contributed by atoms with E-state index in [0.717, 1.165) is 33.3 Å². The van der Waals surface area contributed by atoms with Crippen molar-refractivity contribution in [3.63, 3.8) is 0 Å². The molecular weight excluding hydrogens is 368 g/mol. The lowest BCUT2D eigenvalue weighted by molar-refractivity contribution is 0.0988. The first-order valence-electron chi connectivity index (χ1n) is 9.11. The number of nitrogens with two attached hydrogens (primary N) is 1. The summed E-state index contributed by atoms with van der Waals surface area (Å²) in [5.74, 6) is -0.584. The zero-order valence-electron chi connectivity index (χ0n) is 16.3. The van der Waals surface area contributed by atoms with E-state index in [2.05, 4.69) is 10.4 Å². The van der Waals surface area contributed by atoms with Crippen molar-refractivity contribution in [2.75, 3.05) is 5.32 Å².